The zero-order valence-electron chi connectivity index (χ0n) is 9.37. The third kappa shape index (κ3) is 4.14. The summed E-state index contributed by atoms with van der Waals surface area (Å²) >= 11 is 3.35. The monoisotopic (exact) mass is 283 g/mol. The van der Waals surface area contributed by atoms with Crippen LogP contribution in [0.5, 0.6) is 0 Å². The lowest BCUT2D eigenvalue weighted by molar-refractivity contribution is -0.134. The quantitative estimate of drug-likeness (QED) is 0.796. The number of halogens is 1. The molecule has 86 valence electrons. The van der Waals surface area contributed by atoms with Crippen molar-refractivity contribution in [2.45, 2.75) is 19.9 Å². The molecule has 0 atom stereocenters. The standard InChI is InChI=1S/C12H14BrNO2/c1-9(15)7-12(16)14(2)8-10-3-5-11(13)6-4-10/h3-6H,7-8H2,1-2H3. The van der Waals surface area contributed by atoms with Crippen LogP contribution in [0.2, 0.25) is 0 Å². The lowest BCUT2D eigenvalue weighted by Crippen LogP contribution is -2.27. The summed E-state index contributed by atoms with van der Waals surface area (Å²) in [6.07, 6.45) is -0.0208. The van der Waals surface area contributed by atoms with Crippen LogP contribution in [0, 0.1) is 0 Å². The predicted molar refractivity (Wildman–Crippen MR) is 65.9 cm³/mol. The summed E-state index contributed by atoms with van der Waals surface area (Å²) in [6, 6.07) is 7.75. The fourth-order valence-corrected chi connectivity index (χ4v) is 1.56. The van der Waals surface area contributed by atoms with Crippen molar-refractivity contribution in [2.24, 2.45) is 0 Å². The van der Waals surface area contributed by atoms with Gasteiger partial charge in [0, 0.05) is 18.1 Å². The number of amides is 1. The lowest BCUT2D eigenvalue weighted by Gasteiger charge is -2.16. The van der Waals surface area contributed by atoms with Crippen LogP contribution in [-0.4, -0.2) is 23.6 Å². The maximum Gasteiger partial charge on any atom is 0.230 e. The molecule has 1 rings (SSSR count). The molecule has 0 N–H and O–H groups in total. The second-order valence-electron chi connectivity index (χ2n) is 3.76. The lowest BCUT2D eigenvalue weighted by atomic mass is 10.2. The molecule has 0 bridgehead atoms. The van der Waals surface area contributed by atoms with E-state index < -0.39 is 0 Å². The molecule has 0 aliphatic heterocycles. The highest BCUT2D eigenvalue weighted by atomic mass is 79.9. The summed E-state index contributed by atoms with van der Waals surface area (Å²) in [5.41, 5.74) is 1.04. The highest BCUT2D eigenvalue weighted by Gasteiger charge is 2.11. The van der Waals surface area contributed by atoms with Crippen LogP contribution in [-0.2, 0) is 16.1 Å². The van der Waals surface area contributed by atoms with Crippen LogP contribution in [0.3, 0.4) is 0 Å². The molecule has 1 aromatic rings. The Morgan fingerprint density at radius 3 is 2.31 bits per heavy atom. The average Bonchev–Trinajstić information content (AvgIpc) is 2.20. The average molecular weight is 284 g/mol. The Morgan fingerprint density at radius 1 is 1.25 bits per heavy atom. The number of ketones is 1. The Labute approximate surface area is 104 Å². The van der Waals surface area contributed by atoms with E-state index in [1.54, 1.807) is 11.9 Å². The van der Waals surface area contributed by atoms with E-state index in [0.29, 0.717) is 6.54 Å². The Hall–Kier alpha value is -1.16. The van der Waals surface area contributed by atoms with Gasteiger partial charge in [0.25, 0.3) is 0 Å². The SMILES string of the molecule is CC(=O)CC(=O)N(C)Cc1ccc(Br)cc1. The van der Waals surface area contributed by atoms with Crippen molar-refractivity contribution in [2.75, 3.05) is 7.05 Å². The highest BCUT2D eigenvalue weighted by Crippen LogP contribution is 2.12. The van der Waals surface area contributed by atoms with Crippen molar-refractivity contribution < 1.29 is 9.59 Å². The molecule has 0 radical (unpaired) electrons. The second kappa shape index (κ2) is 5.80. The van der Waals surface area contributed by atoms with Crippen LogP contribution in [0.4, 0.5) is 0 Å². The van der Waals surface area contributed by atoms with Gasteiger partial charge in [-0.05, 0) is 24.6 Å². The van der Waals surface area contributed by atoms with E-state index in [-0.39, 0.29) is 18.1 Å². The molecule has 3 nitrogen and oxygen atoms in total. The zero-order valence-corrected chi connectivity index (χ0v) is 11.0. The third-order valence-electron chi connectivity index (χ3n) is 2.16. The van der Waals surface area contributed by atoms with Gasteiger partial charge in [0.15, 0.2) is 0 Å². The van der Waals surface area contributed by atoms with E-state index in [0.717, 1.165) is 10.0 Å². The first kappa shape index (κ1) is 12.9. The number of hydrogen-bond acceptors (Lipinski definition) is 2. The molecule has 0 heterocycles. The molecule has 4 heteroatoms. The largest absolute Gasteiger partial charge is 0.341 e. The van der Waals surface area contributed by atoms with E-state index in [2.05, 4.69) is 15.9 Å². The van der Waals surface area contributed by atoms with Crippen molar-refractivity contribution in [3.63, 3.8) is 0 Å². The molecule has 0 spiro atoms. The number of rotatable bonds is 4. The molecule has 0 unspecified atom stereocenters. The van der Waals surface area contributed by atoms with Crippen molar-refractivity contribution in [3.05, 3.63) is 34.3 Å². The van der Waals surface area contributed by atoms with Crippen molar-refractivity contribution in [1.29, 1.82) is 0 Å². The molecule has 0 fully saturated rings. The van der Waals surface area contributed by atoms with Gasteiger partial charge in [-0.2, -0.15) is 0 Å². The van der Waals surface area contributed by atoms with Gasteiger partial charge in [-0.25, -0.2) is 0 Å². The Balaban J connectivity index is 2.57. The molecule has 16 heavy (non-hydrogen) atoms. The Morgan fingerprint density at radius 2 is 1.81 bits per heavy atom. The van der Waals surface area contributed by atoms with E-state index in [4.69, 9.17) is 0 Å². The van der Waals surface area contributed by atoms with E-state index in [1.807, 2.05) is 24.3 Å². The highest BCUT2D eigenvalue weighted by molar-refractivity contribution is 9.10. The van der Waals surface area contributed by atoms with Gasteiger partial charge in [-0.15, -0.1) is 0 Å². The summed E-state index contributed by atoms with van der Waals surface area (Å²) in [7, 11) is 1.70. The first-order chi connectivity index (χ1) is 7.49. The molecule has 0 saturated heterocycles. The number of carbonyl (C=O) groups is 2. The minimum atomic E-state index is -0.143. The summed E-state index contributed by atoms with van der Waals surface area (Å²) in [5.74, 6) is -0.247. The summed E-state index contributed by atoms with van der Waals surface area (Å²) in [6.45, 7) is 1.95. The number of hydrogen-bond donors (Lipinski definition) is 0. The van der Waals surface area contributed by atoms with Gasteiger partial charge in [-0.1, -0.05) is 28.1 Å². The fraction of sp³-hybridized carbons (Fsp3) is 0.333. The number of benzene rings is 1. The topological polar surface area (TPSA) is 37.4 Å². The van der Waals surface area contributed by atoms with Crippen molar-refractivity contribution >= 4 is 27.6 Å². The molecular formula is C12H14BrNO2. The van der Waals surface area contributed by atoms with Gasteiger partial charge in [-0.3, -0.25) is 9.59 Å². The molecule has 0 aliphatic rings. The van der Waals surface area contributed by atoms with Crippen LogP contribution in [0.15, 0.2) is 28.7 Å². The minimum Gasteiger partial charge on any atom is -0.341 e. The molecule has 0 aliphatic carbocycles. The van der Waals surface area contributed by atoms with E-state index in [1.165, 1.54) is 6.92 Å². The van der Waals surface area contributed by atoms with E-state index in [9.17, 15) is 9.59 Å². The first-order valence-corrected chi connectivity index (χ1v) is 5.76. The van der Waals surface area contributed by atoms with Crippen LogP contribution in [0.25, 0.3) is 0 Å². The minimum absolute atomic E-state index is 0.0208. The number of carbonyl (C=O) groups excluding carboxylic acids is 2. The molecular weight excluding hydrogens is 270 g/mol. The van der Waals surface area contributed by atoms with Crippen LogP contribution >= 0.6 is 15.9 Å². The first-order valence-electron chi connectivity index (χ1n) is 4.97. The number of Topliss-reactive ketones (excluding diaryl/α,β-unsaturated/α-hetero) is 1. The maximum atomic E-state index is 11.5. The normalized spacial score (nSPS) is 9.94. The van der Waals surface area contributed by atoms with Gasteiger partial charge in [0.2, 0.25) is 5.91 Å². The van der Waals surface area contributed by atoms with Gasteiger partial charge in [0.05, 0.1) is 6.42 Å². The van der Waals surface area contributed by atoms with Gasteiger partial charge >= 0.3 is 0 Å². The Kier molecular flexibility index (Phi) is 4.68. The smallest absolute Gasteiger partial charge is 0.230 e. The van der Waals surface area contributed by atoms with Crippen molar-refractivity contribution in [1.82, 2.24) is 4.90 Å². The molecule has 0 aromatic heterocycles. The van der Waals surface area contributed by atoms with Gasteiger partial charge < -0.3 is 4.90 Å². The zero-order chi connectivity index (χ0) is 12.1. The molecule has 1 amide bonds. The summed E-state index contributed by atoms with van der Waals surface area (Å²) in [5, 5.41) is 0. The fourth-order valence-electron chi connectivity index (χ4n) is 1.30. The van der Waals surface area contributed by atoms with Crippen LogP contribution < -0.4 is 0 Å². The second-order valence-corrected chi connectivity index (χ2v) is 4.67. The molecule has 1 aromatic carbocycles. The van der Waals surface area contributed by atoms with Crippen LogP contribution in [0.1, 0.15) is 18.9 Å². The molecule has 0 saturated carbocycles. The van der Waals surface area contributed by atoms with Crippen molar-refractivity contribution in [3.8, 4) is 0 Å². The third-order valence-corrected chi connectivity index (χ3v) is 2.69. The predicted octanol–water partition coefficient (Wildman–Crippen LogP) is 2.39. The summed E-state index contributed by atoms with van der Waals surface area (Å²) < 4.78 is 1.01. The Bertz CT molecular complexity index is 387. The van der Waals surface area contributed by atoms with E-state index >= 15 is 0 Å². The van der Waals surface area contributed by atoms with Gasteiger partial charge in [0.1, 0.15) is 5.78 Å². The maximum absolute atomic E-state index is 11.5. The summed E-state index contributed by atoms with van der Waals surface area (Å²) in [4.78, 5) is 23.9. The number of nitrogens with zero attached hydrogens (tertiary/aromatic N) is 1.